The summed E-state index contributed by atoms with van der Waals surface area (Å²) in [5.41, 5.74) is 8.66. The molecule has 1 heterocycles. The number of hydrogen-bond donors (Lipinski definition) is 0. The molecule has 0 saturated heterocycles. The van der Waals surface area contributed by atoms with Gasteiger partial charge in [0, 0.05) is 43.8 Å². The average Bonchev–Trinajstić information content (AvgIpc) is 2.63. The minimum atomic E-state index is 0.0450. The summed E-state index contributed by atoms with van der Waals surface area (Å²) in [4.78, 5) is 9.35. The van der Waals surface area contributed by atoms with Crippen LogP contribution in [0.4, 0.5) is 17.1 Å². The molecule has 0 N–H and O–H groups in total. The third-order valence-electron chi connectivity index (χ3n) is 5.53. The number of anilines is 2. The molecule has 148 valence electrons. The van der Waals surface area contributed by atoms with Crippen molar-refractivity contribution in [3.05, 3.63) is 59.2 Å². The maximum Gasteiger partial charge on any atom is 0.0631 e. The Balaban J connectivity index is 1.95. The van der Waals surface area contributed by atoms with E-state index in [1.807, 2.05) is 20.3 Å². The van der Waals surface area contributed by atoms with Gasteiger partial charge in [0.05, 0.1) is 11.2 Å². The maximum absolute atomic E-state index is 4.72. The fourth-order valence-corrected chi connectivity index (χ4v) is 4.00. The van der Waals surface area contributed by atoms with Crippen molar-refractivity contribution in [1.29, 1.82) is 0 Å². The lowest BCUT2D eigenvalue weighted by Crippen LogP contribution is -2.45. The Kier molecular flexibility index (Phi) is 5.64. The zero-order valence-electron chi connectivity index (χ0n) is 18.4. The Morgan fingerprint density at radius 2 is 1.75 bits per heavy atom. The van der Waals surface area contributed by atoms with Gasteiger partial charge in [-0.3, -0.25) is 4.99 Å². The number of aryl methyl sites for hydroxylation is 1. The normalized spacial score (nSPS) is 15.5. The van der Waals surface area contributed by atoms with Gasteiger partial charge in [0.15, 0.2) is 0 Å². The van der Waals surface area contributed by atoms with E-state index >= 15 is 0 Å². The van der Waals surface area contributed by atoms with Crippen LogP contribution < -0.4 is 9.80 Å². The number of hydrogen-bond acceptors (Lipinski definition) is 3. The molecule has 2 aromatic rings. The lowest BCUT2D eigenvalue weighted by atomic mass is 9.87. The van der Waals surface area contributed by atoms with Crippen molar-refractivity contribution in [3.8, 4) is 0 Å². The first-order valence-electron chi connectivity index (χ1n) is 10.2. The fraction of sp³-hybridized carbons (Fsp3) is 0.400. The maximum atomic E-state index is 4.72. The topological polar surface area (TPSA) is 18.8 Å². The van der Waals surface area contributed by atoms with E-state index in [4.69, 9.17) is 4.99 Å². The molecule has 3 nitrogen and oxygen atoms in total. The summed E-state index contributed by atoms with van der Waals surface area (Å²) in [6.07, 6.45) is 5.53. The van der Waals surface area contributed by atoms with E-state index in [1.165, 1.54) is 33.6 Å². The molecule has 2 aromatic carbocycles. The second kappa shape index (κ2) is 7.83. The monoisotopic (exact) mass is 375 g/mol. The largest absolute Gasteiger partial charge is 0.378 e. The van der Waals surface area contributed by atoms with Crippen molar-refractivity contribution in [3.63, 3.8) is 0 Å². The molecular formula is C25H33N3. The third kappa shape index (κ3) is 3.99. The molecule has 0 radical (unpaired) electrons. The molecule has 0 spiro atoms. The van der Waals surface area contributed by atoms with E-state index in [9.17, 15) is 0 Å². The smallest absolute Gasteiger partial charge is 0.0631 e. The van der Waals surface area contributed by atoms with Gasteiger partial charge < -0.3 is 9.80 Å². The van der Waals surface area contributed by atoms with Crippen LogP contribution in [0, 0.1) is 6.92 Å². The molecule has 0 aliphatic carbocycles. The van der Waals surface area contributed by atoms with Gasteiger partial charge in [-0.05, 0) is 87.2 Å². The van der Waals surface area contributed by atoms with Crippen molar-refractivity contribution >= 4 is 28.8 Å². The van der Waals surface area contributed by atoms with E-state index in [2.05, 4.69) is 86.9 Å². The van der Waals surface area contributed by atoms with Gasteiger partial charge in [-0.1, -0.05) is 13.0 Å². The van der Waals surface area contributed by atoms with Crippen LogP contribution in [0.5, 0.6) is 0 Å². The predicted molar refractivity (Wildman–Crippen MR) is 125 cm³/mol. The molecule has 1 aliphatic rings. The zero-order valence-corrected chi connectivity index (χ0v) is 18.4. The molecule has 0 fully saturated rings. The molecule has 1 aliphatic heterocycles. The molecule has 0 unspecified atom stereocenters. The second-order valence-corrected chi connectivity index (χ2v) is 8.53. The van der Waals surface area contributed by atoms with E-state index in [0.717, 1.165) is 18.7 Å². The van der Waals surface area contributed by atoms with E-state index < -0.39 is 0 Å². The van der Waals surface area contributed by atoms with Gasteiger partial charge in [-0.2, -0.15) is 0 Å². The molecule has 0 bridgehead atoms. The number of aliphatic imine (C=N–C) groups is 1. The third-order valence-corrected chi connectivity index (χ3v) is 5.53. The van der Waals surface area contributed by atoms with Crippen LogP contribution in [0.1, 0.15) is 50.8 Å². The van der Waals surface area contributed by atoms with Gasteiger partial charge in [-0.25, -0.2) is 0 Å². The molecule has 3 rings (SSSR count). The highest BCUT2D eigenvalue weighted by Crippen LogP contribution is 2.40. The number of allylic oxidation sites excluding steroid dienone is 1. The highest BCUT2D eigenvalue weighted by Gasteiger charge is 2.30. The first kappa shape index (κ1) is 20.2. The highest BCUT2D eigenvalue weighted by molar-refractivity contribution is 5.90. The van der Waals surface area contributed by atoms with Crippen LogP contribution in [0.3, 0.4) is 0 Å². The van der Waals surface area contributed by atoms with Gasteiger partial charge in [0.2, 0.25) is 0 Å². The van der Waals surface area contributed by atoms with Crippen LogP contribution in [0.25, 0.3) is 5.57 Å². The first-order chi connectivity index (χ1) is 13.2. The Hall–Kier alpha value is -2.55. The standard InChI is InChI=1S/C25H33N3/c1-8-13-28-24-14-18(2)20(15-23(24)19(3)16-25(28,4)5)17-26-21-9-11-22(12-10-21)27(6)7/h9-12,14-17H,8,13H2,1-7H3. The van der Waals surface area contributed by atoms with Crippen molar-refractivity contribution in [2.24, 2.45) is 4.99 Å². The lowest BCUT2D eigenvalue weighted by molar-refractivity contribution is 0.550. The van der Waals surface area contributed by atoms with Crippen LogP contribution in [0.15, 0.2) is 47.5 Å². The summed E-state index contributed by atoms with van der Waals surface area (Å²) in [6.45, 7) is 12.3. The van der Waals surface area contributed by atoms with Gasteiger partial charge in [-0.15, -0.1) is 0 Å². The van der Waals surface area contributed by atoms with E-state index in [1.54, 1.807) is 0 Å². The Bertz CT molecular complexity index is 902. The SMILES string of the molecule is CCCN1c2cc(C)c(C=Nc3ccc(N(C)C)cc3)cc2C(C)=CC1(C)C. The Morgan fingerprint density at radius 1 is 1.07 bits per heavy atom. The molecule has 0 amide bonds. The summed E-state index contributed by atoms with van der Waals surface area (Å²) in [5.74, 6) is 0. The summed E-state index contributed by atoms with van der Waals surface area (Å²) < 4.78 is 0. The summed E-state index contributed by atoms with van der Waals surface area (Å²) in [5, 5.41) is 0. The molecule has 0 atom stereocenters. The lowest BCUT2D eigenvalue weighted by Gasteiger charge is -2.43. The van der Waals surface area contributed by atoms with E-state index in [0.29, 0.717) is 0 Å². The Morgan fingerprint density at radius 3 is 2.36 bits per heavy atom. The van der Waals surface area contributed by atoms with Crippen molar-refractivity contribution < 1.29 is 0 Å². The molecule has 3 heteroatoms. The number of nitrogens with zero attached hydrogens (tertiary/aromatic N) is 3. The Labute approximate surface area is 170 Å². The van der Waals surface area contributed by atoms with Crippen LogP contribution in [0.2, 0.25) is 0 Å². The molecule has 0 aromatic heterocycles. The second-order valence-electron chi connectivity index (χ2n) is 8.53. The fourth-order valence-electron chi connectivity index (χ4n) is 4.00. The van der Waals surface area contributed by atoms with Crippen LogP contribution in [-0.2, 0) is 0 Å². The van der Waals surface area contributed by atoms with Gasteiger partial charge in [0.1, 0.15) is 0 Å². The number of fused-ring (bicyclic) bond motifs is 1. The van der Waals surface area contributed by atoms with E-state index in [-0.39, 0.29) is 5.54 Å². The number of benzene rings is 2. The first-order valence-corrected chi connectivity index (χ1v) is 10.2. The van der Waals surface area contributed by atoms with Gasteiger partial charge in [0.25, 0.3) is 0 Å². The minimum absolute atomic E-state index is 0.0450. The minimum Gasteiger partial charge on any atom is -0.378 e. The molecular weight excluding hydrogens is 342 g/mol. The quantitative estimate of drug-likeness (QED) is 0.577. The molecule has 28 heavy (non-hydrogen) atoms. The predicted octanol–water partition coefficient (Wildman–Crippen LogP) is 6.22. The van der Waals surface area contributed by atoms with Gasteiger partial charge >= 0.3 is 0 Å². The van der Waals surface area contributed by atoms with Crippen molar-refractivity contribution in [1.82, 2.24) is 0 Å². The van der Waals surface area contributed by atoms with Crippen molar-refractivity contribution in [2.75, 3.05) is 30.4 Å². The van der Waals surface area contributed by atoms with Crippen LogP contribution >= 0.6 is 0 Å². The van der Waals surface area contributed by atoms with Crippen molar-refractivity contribution in [2.45, 2.75) is 46.6 Å². The summed E-state index contributed by atoms with van der Waals surface area (Å²) >= 11 is 0. The highest BCUT2D eigenvalue weighted by atomic mass is 15.2. The average molecular weight is 376 g/mol. The molecule has 0 saturated carbocycles. The summed E-state index contributed by atoms with van der Waals surface area (Å²) in [7, 11) is 4.10. The van der Waals surface area contributed by atoms with Crippen LogP contribution in [-0.4, -0.2) is 32.4 Å². The number of rotatable bonds is 5. The summed E-state index contributed by atoms with van der Waals surface area (Å²) in [6, 6.07) is 13.0. The zero-order chi connectivity index (χ0) is 20.5.